The molecule has 1 rings (SSSR count). The van der Waals surface area contributed by atoms with E-state index in [1.54, 1.807) is 0 Å². The van der Waals surface area contributed by atoms with Gasteiger partial charge in [0.2, 0.25) is 11.9 Å². The number of nitrogens with zero attached hydrogens (tertiary/aromatic N) is 3. The van der Waals surface area contributed by atoms with Crippen molar-refractivity contribution in [2.75, 3.05) is 36.9 Å². The van der Waals surface area contributed by atoms with Gasteiger partial charge in [-0.05, 0) is 33.6 Å². The summed E-state index contributed by atoms with van der Waals surface area (Å²) < 4.78 is 11.0. The maximum absolute atomic E-state index is 5.53. The van der Waals surface area contributed by atoms with E-state index in [-0.39, 0.29) is 6.10 Å². The third kappa shape index (κ3) is 7.65. The second kappa shape index (κ2) is 10.1. The molecule has 0 bridgehead atoms. The predicted octanol–water partition coefficient (Wildman–Crippen LogP) is 2.32. The van der Waals surface area contributed by atoms with Crippen molar-refractivity contribution >= 4 is 11.9 Å². The van der Waals surface area contributed by atoms with Crippen LogP contribution in [-0.4, -0.2) is 47.4 Å². The van der Waals surface area contributed by atoms with Crippen molar-refractivity contribution < 1.29 is 9.47 Å². The Bertz CT molecular complexity index is 401. The zero-order valence-electron chi connectivity index (χ0n) is 13.5. The van der Waals surface area contributed by atoms with Crippen molar-refractivity contribution in [1.29, 1.82) is 0 Å². The first-order chi connectivity index (χ1) is 10.2. The van der Waals surface area contributed by atoms with Gasteiger partial charge in [-0.25, -0.2) is 0 Å². The van der Waals surface area contributed by atoms with Gasteiger partial charge in [0.05, 0.1) is 6.10 Å². The van der Waals surface area contributed by atoms with Gasteiger partial charge >= 0.3 is 6.01 Å². The summed E-state index contributed by atoms with van der Waals surface area (Å²) in [5.41, 5.74) is 0. The number of hydrogen-bond acceptors (Lipinski definition) is 7. The normalized spacial score (nSPS) is 10.7. The highest BCUT2D eigenvalue weighted by atomic mass is 16.5. The Morgan fingerprint density at radius 2 is 1.71 bits per heavy atom. The molecule has 1 aromatic heterocycles. The molecule has 0 saturated carbocycles. The Morgan fingerprint density at radius 1 is 1.00 bits per heavy atom. The van der Waals surface area contributed by atoms with Gasteiger partial charge < -0.3 is 20.1 Å². The lowest BCUT2D eigenvalue weighted by Crippen LogP contribution is -2.14. The maximum Gasteiger partial charge on any atom is 0.323 e. The lowest BCUT2D eigenvalue weighted by atomic mass is 10.4. The summed E-state index contributed by atoms with van der Waals surface area (Å²) in [4.78, 5) is 12.8. The molecular weight excluding hydrogens is 270 g/mol. The van der Waals surface area contributed by atoms with E-state index >= 15 is 0 Å². The third-order valence-electron chi connectivity index (χ3n) is 2.39. The highest BCUT2D eigenvalue weighted by Gasteiger charge is 2.08. The molecule has 1 aromatic rings. The van der Waals surface area contributed by atoms with E-state index in [1.165, 1.54) is 0 Å². The fourth-order valence-electron chi connectivity index (χ4n) is 1.56. The van der Waals surface area contributed by atoms with Crippen LogP contribution in [-0.2, 0) is 4.74 Å². The minimum absolute atomic E-state index is 0.0252. The van der Waals surface area contributed by atoms with Gasteiger partial charge in [-0.3, -0.25) is 0 Å². The summed E-state index contributed by atoms with van der Waals surface area (Å²) in [6.07, 6.45) is 1.97. The molecule has 0 amide bonds. The molecule has 0 aliphatic carbocycles. The number of rotatable bonds is 11. The Kier molecular flexibility index (Phi) is 8.42. The lowest BCUT2D eigenvalue weighted by Gasteiger charge is -2.11. The van der Waals surface area contributed by atoms with Crippen molar-refractivity contribution in [2.24, 2.45) is 0 Å². The van der Waals surface area contributed by atoms with Crippen LogP contribution in [0.1, 0.15) is 40.5 Å². The largest absolute Gasteiger partial charge is 0.461 e. The van der Waals surface area contributed by atoms with Crippen molar-refractivity contribution in [3.8, 4) is 6.01 Å². The smallest absolute Gasteiger partial charge is 0.323 e. The van der Waals surface area contributed by atoms with Gasteiger partial charge in [-0.1, -0.05) is 6.92 Å². The Morgan fingerprint density at radius 3 is 2.33 bits per heavy atom. The Labute approximate surface area is 126 Å². The molecule has 0 aliphatic heterocycles. The topological polar surface area (TPSA) is 81.2 Å². The predicted molar refractivity (Wildman–Crippen MR) is 84.0 cm³/mol. The molecule has 0 radical (unpaired) electrons. The maximum atomic E-state index is 5.53. The molecule has 0 unspecified atom stereocenters. The first-order valence-corrected chi connectivity index (χ1v) is 7.63. The molecule has 0 aromatic carbocycles. The van der Waals surface area contributed by atoms with E-state index in [1.807, 2.05) is 20.8 Å². The number of anilines is 2. The molecule has 120 valence electrons. The molecule has 0 aliphatic rings. The average molecular weight is 297 g/mol. The Balaban J connectivity index is 2.52. The van der Waals surface area contributed by atoms with Gasteiger partial charge in [0.25, 0.3) is 0 Å². The second-order valence-corrected chi connectivity index (χ2v) is 4.85. The standard InChI is InChI=1S/C14H27N5O2/c1-5-9-20-10-7-8-16-13-17-12(15-6-2)18-14(19-13)21-11(3)4/h11H,5-10H2,1-4H3,(H2,15,16,17,18,19). The number of hydrogen-bond donors (Lipinski definition) is 2. The zero-order valence-corrected chi connectivity index (χ0v) is 13.5. The minimum atomic E-state index is 0.0252. The van der Waals surface area contributed by atoms with E-state index in [0.29, 0.717) is 17.9 Å². The van der Waals surface area contributed by atoms with Crippen LogP contribution >= 0.6 is 0 Å². The summed E-state index contributed by atoms with van der Waals surface area (Å²) in [6.45, 7) is 11.0. The van der Waals surface area contributed by atoms with Crippen LogP contribution in [0.25, 0.3) is 0 Å². The summed E-state index contributed by atoms with van der Waals surface area (Å²) in [5, 5.41) is 6.24. The van der Waals surface area contributed by atoms with Crippen LogP contribution in [0, 0.1) is 0 Å². The van der Waals surface area contributed by atoms with Crippen molar-refractivity contribution in [3.05, 3.63) is 0 Å². The van der Waals surface area contributed by atoms with Crippen LogP contribution in [0.15, 0.2) is 0 Å². The SMILES string of the molecule is CCCOCCCNc1nc(NCC)nc(OC(C)C)n1. The number of aromatic nitrogens is 3. The fourth-order valence-corrected chi connectivity index (χ4v) is 1.56. The van der Waals surface area contributed by atoms with Crippen molar-refractivity contribution in [3.63, 3.8) is 0 Å². The van der Waals surface area contributed by atoms with Crippen LogP contribution < -0.4 is 15.4 Å². The highest BCUT2D eigenvalue weighted by Crippen LogP contribution is 2.12. The number of ether oxygens (including phenoxy) is 2. The van der Waals surface area contributed by atoms with Crippen LogP contribution in [0.5, 0.6) is 6.01 Å². The molecule has 0 saturated heterocycles. The fraction of sp³-hybridized carbons (Fsp3) is 0.786. The van der Waals surface area contributed by atoms with Gasteiger partial charge in [0, 0.05) is 26.3 Å². The molecule has 21 heavy (non-hydrogen) atoms. The van der Waals surface area contributed by atoms with E-state index in [9.17, 15) is 0 Å². The van der Waals surface area contributed by atoms with E-state index in [2.05, 4.69) is 32.5 Å². The van der Waals surface area contributed by atoms with Crippen molar-refractivity contribution in [2.45, 2.75) is 46.6 Å². The van der Waals surface area contributed by atoms with Gasteiger partial charge in [0.1, 0.15) is 0 Å². The average Bonchev–Trinajstić information content (AvgIpc) is 2.42. The third-order valence-corrected chi connectivity index (χ3v) is 2.39. The summed E-state index contributed by atoms with van der Waals surface area (Å²) in [7, 11) is 0. The van der Waals surface area contributed by atoms with Gasteiger partial charge in [0.15, 0.2) is 0 Å². The van der Waals surface area contributed by atoms with E-state index in [4.69, 9.17) is 9.47 Å². The van der Waals surface area contributed by atoms with Crippen LogP contribution in [0.2, 0.25) is 0 Å². The minimum Gasteiger partial charge on any atom is -0.461 e. The van der Waals surface area contributed by atoms with E-state index in [0.717, 1.165) is 39.1 Å². The summed E-state index contributed by atoms with van der Waals surface area (Å²) in [6, 6.07) is 0.334. The summed E-state index contributed by atoms with van der Waals surface area (Å²) in [5.74, 6) is 1.04. The second-order valence-electron chi connectivity index (χ2n) is 4.85. The quantitative estimate of drug-likeness (QED) is 0.607. The van der Waals surface area contributed by atoms with Crippen molar-refractivity contribution in [1.82, 2.24) is 15.0 Å². The monoisotopic (exact) mass is 297 g/mol. The molecule has 7 heteroatoms. The molecule has 0 spiro atoms. The molecule has 2 N–H and O–H groups in total. The Hall–Kier alpha value is -1.63. The van der Waals surface area contributed by atoms with E-state index < -0.39 is 0 Å². The molecule has 0 atom stereocenters. The molecular formula is C14H27N5O2. The number of nitrogens with one attached hydrogen (secondary N) is 2. The first kappa shape index (κ1) is 17.4. The van der Waals surface area contributed by atoms with Gasteiger partial charge in [-0.2, -0.15) is 15.0 Å². The zero-order chi connectivity index (χ0) is 15.5. The van der Waals surface area contributed by atoms with Crippen LogP contribution in [0.3, 0.4) is 0 Å². The molecule has 1 heterocycles. The van der Waals surface area contributed by atoms with Crippen LogP contribution in [0.4, 0.5) is 11.9 Å². The summed E-state index contributed by atoms with van der Waals surface area (Å²) >= 11 is 0. The molecule has 0 fully saturated rings. The highest BCUT2D eigenvalue weighted by molar-refractivity contribution is 5.35. The first-order valence-electron chi connectivity index (χ1n) is 7.63. The lowest BCUT2D eigenvalue weighted by molar-refractivity contribution is 0.134. The van der Waals surface area contributed by atoms with Gasteiger partial charge in [-0.15, -0.1) is 0 Å². The molecule has 7 nitrogen and oxygen atoms in total.